The molecule has 0 radical (unpaired) electrons. The van der Waals surface area contributed by atoms with Crippen LogP contribution in [-0.2, 0) is 14.6 Å². The number of sulfone groups is 1. The van der Waals surface area contributed by atoms with Crippen molar-refractivity contribution in [3.8, 4) is 0 Å². The Morgan fingerprint density at radius 1 is 1.36 bits per heavy atom. The van der Waals surface area contributed by atoms with E-state index in [2.05, 4.69) is 9.97 Å². The van der Waals surface area contributed by atoms with E-state index in [1.165, 1.54) is 11.8 Å². The number of aryl methyl sites for hydroxylation is 2. The lowest BCUT2D eigenvalue weighted by atomic mass is 10.1. The molecule has 0 aromatic carbocycles. The summed E-state index contributed by atoms with van der Waals surface area (Å²) in [4.78, 5) is 25.5. The van der Waals surface area contributed by atoms with Gasteiger partial charge in [0.2, 0.25) is 5.91 Å². The zero-order valence-corrected chi connectivity index (χ0v) is 19.0. The molecule has 3 rings (SSSR count). The topological polar surface area (TPSA) is 106 Å². The monoisotopic (exact) mass is 442 g/mol. The third kappa shape index (κ3) is 4.60. The van der Waals surface area contributed by atoms with Crippen molar-refractivity contribution in [3.63, 3.8) is 0 Å². The maximum absolute atomic E-state index is 12.9. The maximum Gasteiger partial charge on any atom is 0.233 e. The number of carbonyl (C=O) groups is 1. The van der Waals surface area contributed by atoms with Crippen LogP contribution < -0.4 is 5.73 Å². The predicted molar refractivity (Wildman–Crippen MR) is 116 cm³/mol. The summed E-state index contributed by atoms with van der Waals surface area (Å²) in [5.41, 5.74) is 7.21. The molecule has 0 bridgehead atoms. The van der Waals surface area contributed by atoms with Gasteiger partial charge >= 0.3 is 0 Å². The van der Waals surface area contributed by atoms with Crippen LogP contribution in [0.5, 0.6) is 0 Å². The van der Waals surface area contributed by atoms with Crippen molar-refractivity contribution >= 4 is 54.9 Å². The Morgan fingerprint density at radius 3 is 2.68 bits per heavy atom. The number of thiophene rings is 1. The number of nitrogens with zero attached hydrogens (tertiary/aromatic N) is 3. The van der Waals surface area contributed by atoms with Gasteiger partial charge in [-0.05, 0) is 31.7 Å². The minimum atomic E-state index is -3.05. The normalized spacial score (nSPS) is 18.8. The number of carbonyl (C=O) groups excluding carboxylic acids is 1. The Kier molecular flexibility index (Phi) is 6.21. The Bertz CT molecular complexity index is 1000. The molecule has 10 heteroatoms. The van der Waals surface area contributed by atoms with Crippen LogP contribution in [0.3, 0.4) is 0 Å². The lowest BCUT2D eigenvalue weighted by Crippen LogP contribution is -2.44. The lowest BCUT2D eigenvalue weighted by Gasteiger charge is -2.29. The average Bonchev–Trinajstić information content (AvgIpc) is 3.09. The molecule has 28 heavy (non-hydrogen) atoms. The van der Waals surface area contributed by atoms with E-state index in [0.29, 0.717) is 23.9 Å². The van der Waals surface area contributed by atoms with Crippen molar-refractivity contribution < 1.29 is 13.2 Å². The molecule has 0 spiro atoms. The first-order valence-electron chi connectivity index (χ1n) is 9.23. The standard InChI is InChI=1S/C18H26N4O3S3/c1-10(2)7-22(13-5-6-28(24,25)9-13)14(23)8-26-18-20-16(19)15-11(3)12(4)27-17(15)21-18/h10,13H,5-9H2,1-4H3,(H2,19,20,21). The number of amides is 1. The molecule has 2 aromatic rings. The average molecular weight is 443 g/mol. The Hall–Kier alpha value is -1.39. The van der Waals surface area contributed by atoms with E-state index in [1.54, 1.807) is 16.2 Å². The molecule has 0 saturated carbocycles. The summed E-state index contributed by atoms with van der Waals surface area (Å²) in [6.45, 7) is 8.62. The largest absolute Gasteiger partial charge is 0.383 e. The molecule has 1 atom stereocenters. The van der Waals surface area contributed by atoms with Gasteiger partial charge in [-0.2, -0.15) is 0 Å². The molecule has 1 saturated heterocycles. The van der Waals surface area contributed by atoms with Crippen LogP contribution in [0.25, 0.3) is 10.2 Å². The van der Waals surface area contributed by atoms with Crippen LogP contribution in [-0.4, -0.2) is 59.0 Å². The van der Waals surface area contributed by atoms with Gasteiger partial charge in [0.05, 0.1) is 22.6 Å². The molecule has 2 N–H and O–H groups in total. The Morgan fingerprint density at radius 2 is 2.07 bits per heavy atom. The number of aromatic nitrogens is 2. The van der Waals surface area contributed by atoms with E-state index in [4.69, 9.17) is 5.73 Å². The highest BCUT2D eigenvalue weighted by Crippen LogP contribution is 2.33. The maximum atomic E-state index is 12.9. The molecular weight excluding hydrogens is 416 g/mol. The smallest absolute Gasteiger partial charge is 0.233 e. The fourth-order valence-electron chi connectivity index (χ4n) is 3.40. The molecule has 1 unspecified atom stereocenters. The number of hydrogen-bond acceptors (Lipinski definition) is 8. The fourth-order valence-corrected chi connectivity index (χ4v) is 6.97. The van der Waals surface area contributed by atoms with Crippen LogP contribution in [0.4, 0.5) is 5.82 Å². The quantitative estimate of drug-likeness (QED) is 0.541. The molecule has 0 aliphatic carbocycles. The highest BCUT2D eigenvalue weighted by molar-refractivity contribution is 7.99. The van der Waals surface area contributed by atoms with Crippen molar-refractivity contribution in [2.45, 2.75) is 45.3 Å². The number of nitrogens with two attached hydrogens (primary N) is 1. The van der Waals surface area contributed by atoms with E-state index in [1.807, 2.05) is 27.7 Å². The molecule has 154 valence electrons. The number of nitrogen functional groups attached to an aromatic ring is 1. The SMILES string of the molecule is Cc1sc2nc(SCC(=O)N(CC(C)C)C3CCS(=O)(=O)C3)nc(N)c2c1C. The van der Waals surface area contributed by atoms with Crippen molar-refractivity contribution in [1.29, 1.82) is 0 Å². The third-order valence-corrected chi connectivity index (χ3v) is 8.58. The molecule has 1 aliphatic rings. The first-order chi connectivity index (χ1) is 13.1. The number of rotatable bonds is 6. The second-order valence-corrected chi connectivity index (χ2v) is 12.0. The van der Waals surface area contributed by atoms with Crippen molar-refractivity contribution in [3.05, 3.63) is 10.4 Å². The van der Waals surface area contributed by atoms with Crippen LogP contribution in [0.15, 0.2) is 5.16 Å². The summed E-state index contributed by atoms with van der Waals surface area (Å²) in [6.07, 6.45) is 0.509. The van der Waals surface area contributed by atoms with Crippen LogP contribution >= 0.6 is 23.1 Å². The first kappa shape index (κ1) is 21.3. The molecule has 3 heterocycles. The van der Waals surface area contributed by atoms with Gasteiger partial charge in [0.25, 0.3) is 0 Å². The van der Waals surface area contributed by atoms with Crippen molar-refractivity contribution in [2.24, 2.45) is 5.92 Å². The van der Waals surface area contributed by atoms with Gasteiger partial charge in [-0.15, -0.1) is 11.3 Å². The molecule has 1 amide bonds. The molecule has 1 aliphatic heterocycles. The second kappa shape index (κ2) is 8.16. The van der Waals surface area contributed by atoms with Gasteiger partial charge in [-0.3, -0.25) is 4.79 Å². The van der Waals surface area contributed by atoms with Gasteiger partial charge in [-0.1, -0.05) is 25.6 Å². The summed E-state index contributed by atoms with van der Waals surface area (Å²) in [6, 6.07) is -0.239. The van der Waals surface area contributed by atoms with Gasteiger partial charge in [0, 0.05) is 17.5 Å². The minimum Gasteiger partial charge on any atom is -0.383 e. The minimum absolute atomic E-state index is 0.0548. The van der Waals surface area contributed by atoms with Crippen LogP contribution in [0.1, 0.15) is 30.7 Å². The fraction of sp³-hybridized carbons (Fsp3) is 0.611. The predicted octanol–water partition coefficient (Wildman–Crippen LogP) is 2.65. The van der Waals surface area contributed by atoms with E-state index in [-0.39, 0.29) is 35.1 Å². The second-order valence-electron chi connectivity index (χ2n) is 7.64. The van der Waals surface area contributed by atoms with Gasteiger partial charge in [0.1, 0.15) is 10.6 Å². The highest BCUT2D eigenvalue weighted by Gasteiger charge is 2.34. The van der Waals surface area contributed by atoms with E-state index in [0.717, 1.165) is 20.7 Å². The molecular formula is C18H26N4O3S3. The number of fused-ring (bicyclic) bond motifs is 1. The van der Waals surface area contributed by atoms with Gasteiger partial charge in [0.15, 0.2) is 15.0 Å². The summed E-state index contributed by atoms with van der Waals surface area (Å²) >= 11 is 2.82. The van der Waals surface area contributed by atoms with Crippen LogP contribution in [0, 0.1) is 19.8 Å². The van der Waals surface area contributed by atoms with Gasteiger partial charge in [-0.25, -0.2) is 18.4 Å². The lowest BCUT2D eigenvalue weighted by molar-refractivity contribution is -0.130. The van der Waals surface area contributed by atoms with E-state index < -0.39 is 9.84 Å². The van der Waals surface area contributed by atoms with Gasteiger partial charge < -0.3 is 10.6 Å². The summed E-state index contributed by atoms with van der Waals surface area (Å²) in [5, 5.41) is 1.36. The Balaban J connectivity index is 1.74. The first-order valence-corrected chi connectivity index (χ1v) is 12.9. The number of thioether (sulfide) groups is 1. The zero-order chi connectivity index (χ0) is 20.6. The zero-order valence-electron chi connectivity index (χ0n) is 16.6. The van der Waals surface area contributed by atoms with E-state index in [9.17, 15) is 13.2 Å². The molecule has 2 aromatic heterocycles. The number of hydrogen-bond donors (Lipinski definition) is 1. The van der Waals surface area contributed by atoms with Crippen molar-refractivity contribution in [1.82, 2.24) is 14.9 Å². The summed E-state index contributed by atoms with van der Waals surface area (Å²) in [7, 11) is -3.05. The van der Waals surface area contributed by atoms with E-state index >= 15 is 0 Å². The molecule has 1 fully saturated rings. The molecule has 7 nitrogen and oxygen atoms in total. The van der Waals surface area contributed by atoms with Crippen molar-refractivity contribution in [2.75, 3.05) is 29.5 Å². The highest BCUT2D eigenvalue weighted by atomic mass is 32.2. The third-order valence-electron chi connectivity index (χ3n) is 4.89. The number of anilines is 1. The summed E-state index contributed by atoms with van der Waals surface area (Å²) < 4.78 is 23.7. The summed E-state index contributed by atoms with van der Waals surface area (Å²) in [5.74, 6) is 0.985. The Labute approximate surface area is 174 Å². The van der Waals surface area contributed by atoms with Crippen LogP contribution in [0.2, 0.25) is 0 Å².